The van der Waals surface area contributed by atoms with Gasteiger partial charge in [-0.05, 0) is 48.2 Å². The Hall–Kier alpha value is -3.81. The van der Waals surface area contributed by atoms with Crippen molar-refractivity contribution < 1.29 is 19.4 Å². The van der Waals surface area contributed by atoms with Crippen molar-refractivity contribution in [3.05, 3.63) is 71.4 Å². The Morgan fingerprint density at radius 2 is 2.15 bits per heavy atom. The van der Waals surface area contributed by atoms with E-state index in [9.17, 15) is 9.90 Å². The average Bonchev–Trinajstić information content (AvgIpc) is 3.47. The maximum Gasteiger partial charge on any atom is 0.304 e. The maximum absolute atomic E-state index is 11.5. The standard InChI is InChI=1S/C25H26N4O4/c30-24(31)12-19(18-7-9-22-23(11-18)33-16-32-22)13-29-14-21(27-15-29)5-1-4-20-8-6-17-3-2-10-26-25(17)28-20/h1,5-9,11,14-15,19H,2-4,10,12-13,16H2,(H,26,28)(H,30,31)/b5-1-. The maximum atomic E-state index is 11.5. The molecule has 0 aliphatic carbocycles. The number of pyridine rings is 1. The van der Waals surface area contributed by atoms with Crippen molar-refractivity contribution in [2.24, 2.45) is 0 Å². The smallest absolute Gasteiger partial charge is 0.304 e. The molecule has 2 N–H and O–H groups in total. The van der Waals surface area contributed by atoms with Gasteiger partial charge in [0.2, 0.25) is 6.79 Å². The van der Waals surface area contributed by atoms with Gasteiger partial charge in [-0.25, -0.2) is 9.97 Å². The molecule has 2 aromatic heterocycles. The van der Waals surface area contributed by atoms with Crippen LogP contribution in [-0.2, 0) is 24.2 Å². The van der Waals surface area contributed by atoms with Crippen molar-refractivity contribution in [3.8, 4) is 11.5 Å². The van der Waals surface area contributed by atoms with Crippen LogP contribution in [0.25, 0.3) is 6.08 Å². The van der Waals surface area contributed by atoms with Crippen molar-refractivity contribution in [1.82, 2.24) is 14.5 Å². The van der Waals surface area contributed by atoms with Crippen molar-refractivity contribution in [3.63, 3.8) is 0 Å². The van der Waals surface area contributed by atoms with Gasteiger partial charge in [0.05, 0.1) is 18.4 Å². The van der Waals surface area contributed by atoms with E-state index in [1.54, 1.807) is 6.33 Å². The number of imidazole rings is 1. The zero-order valence-corrected chi connectivity index (χ0v) is 18.2. The predicted octanol–water partition coefficient (Wildman–Crippen LogP) is 3.88. The van der Waals surface area contributed by atoms with Crippen LogP contribution in [0, 0.1) is 0 Å². The van der Waals surface area contributed by atoms with Gasteiger partial charge >= 0.3 is 5.97 Å². The quantitative estimate of drug-likeness (QED) is 0.542. The largest absolute Gasteiger partial charge is 0.481 e. The van der Waals surface area contributed by atoms with E-state index >= 15 is 0 Å². The van der Waals surface area contributed by atoms with Crippen LogP contribution in [0.2, 0.25) is 0 Å². The summed E-state index contributed by atoms with van der Waals surface area (Å²) in [4.78, 5) is 20.6. The minimum absolute atomic E-state index is 0.0149. The lowest BCUT2D eigenvalue weighted by atomic mass is 9.95. The molecule has 1 unspecified atom stereocenters. The number of carbonyl (C=O) groups is 1. The lowest BCUT2D eigenvalue weighted by Gasteiger charge is -2.17. The molecule has 8 nitrogen and oxygen atoms in total. The van der Waals surface area contributed by atoms with Gasteiger partial charge in [0.25, 0.3) is 0 Å². The van der Waals surface area contributed by atoms with Crippen molar-refractivity contribution >= 4 is 17.9 Å². The monoisotopic (exact) mass is 446 g/mol. The molecule has 1 atom stereocenters. The fourth-order valence-electron chi connectivity index (χ4n) is 4.27. The zero-order valence-electron chi connectivity index (χ0n) is 18.2. The second-order valence-corrected chi connectivity index (χ2v) is 8.35. The summed E-state index contributed by atoms with van der Waals surface area (Å²) in [5.74, 6) is 1.29. The number of carboxylic acids is 1. The molecule has 2 aliphatic heterocycles. The summed E-state index contributed by atoms with van der Waals surface area (Å²) in [6.07, 6.45) is 10.7. The first kappa shape index (κ1) is 21.1. The Labute approximate surface area is 191 Å². The summed E-state index contributed by atoms with van der Waals surface area (Å²) in [5, 5.41) is 12.8. The molecule has 4 heterocycles. The van der Waals surface area contributed by atoms with E-state index in [0.717, 1.165) is 48.6 Å². The van der Waals surface area contributed by atoms with Gasteiger partial charge in [0, 0.05) is 37.3 Å². The number of allylic oxidation sites excluding steroid dienone is 1. The molecule has 2 aliphatic rings. The SMILES string of the molecule is O=C(O)CC(Cn1cnc(/C=C\Cc2ccc3c(n2)NCCC3)c1)c1ccc2c(c1)OCO2. The second-order valence-electron chi connectivity index (χ2n) is 8.35. The van der Waals surface area contributed by atoms with Gasteiger partial charge in [0.15, 0.2) is 11.5 Å². The van der Waals surface area contributed by atoms with E-state index in [1.165, 1.54) is 5.56 Å². The number of nitrogens with zero attached hydrogens (tertiary/aromatic N) is 3. The molecule has 0 bridgehead atoms. The number of rotatable bonds is 8. The molecular weight excluding hydrogens is 420 g/mol. The highest BCUT2D eigenvalue weighted by molar-refractivity contribution is 5.68. The lowest BCUT2D eigenvalue weighted by Crippen LogP contribution is -2.13. The van der Waals surface area contributed by atoms with Gasteiger partial charge < -0.3 is 24.5 Å². The number of fused-ring (bicyclic) bond motifs is 2. The first-order chi connectivity index (χ1) is 16.1. The molecule has 5 rings (SSSR count). The van der Waals surface area contributed by atoms with Crippen LogP contribution in [0.3, 0.4) is 0 Å². The van der Waals surface area contributed by atoms with Crippen molar-refractivity contribution in [1.29, 1.82) is 0 Å². The minimum atomic E-state index is -0.843. The summed E-state index contributed by atoms with van der Waals surface area (Å²) in [6, 6.07) is 9.84. The Kier molecular flexibility index (Phi) is 5.97. The summed E-state index contributed by atoms with van der Waals surface area (Å²) in [5.41, 5.74) is 4.03. The summed E-state index contributed by atoms with van der Waals surface area (Å²) >= 11 is 0. The second kappa shape index (κ2) is 9.36. The predicted molar refractivity (Wildman–Crippen MR) is 124 cm³/mol. The molecule has 33 heavy (non-hydrogen) atoms. The molecule has 0 saturated carbocycles. The van der Waals surface area contributed by atoms with Crippen molar-refractivity contribution in [2.45, 2.75) is 38.1 Å². The van der Waals surface area contributed by atoms with Crippen LogP contribution >= 0.6 is 0 Å². The number of hydrogen-bond donors (Lipinski definition) is 2. The molecule has 0 amide bonds. The van der Waals surface area contributed by atoms with Gasteiger partial charge in [0.1, 0.15) is 5.82 Å². The van der Waals surface area contributed by atoms with Crippen LogP contribution in [0.5, 0.6) is 11.5 Å². The number of nitrogens with one attached hydrogen (secondary N) is 1. The number of aryl methyl sites for hydroxylation is 1. The number of benzene rings is 1. The third kappa shape index (κ3) is 5.00. The summed E-state index contributed by atoms with van der Waals surface area (Å²) < 4.78 is 12.7. The Balaban J connectivity index is 1.24. The Morgan fingerprint density at radius 1 is 1.24 bits per heavy atom. The van der Waals surface area contributed by atoms with Gasteiger partial charge in [-0.2, -0.15) is 0 Å². The van der Waals surface area contributed by atoms with E-state index in [0.29, 0.717) is 18.0 Å². The van der Waals surface area contributed by atoms with E-state index in [-0.39, 0.29) is 19.1 Å². The first-order valence-corrected chi connectivity index (χ1v) is 11.2. The molecule has 8 heteroatoms. The first-order valence-electron chi connectivity index (χ1n) is 11.2. The van der Waals surface area contributed by atoms with E-state index in [2.05, 4.69) is 28.5 Å². The molecule has 170 valence electrons. The van der Waals surface area contributed by atoms with E-state index < -0.39 is 5.97 Å². The summed E-state index contributed by atoms with van der Waals surface area (Å²) in [6.45, 7) is 1.67. The topological polar surface area (TPSA) is 98.5 Å². The molecule has 0 fully saturated rings. The Morgan fingerprint density at radius 3 is 3.06 bits per heavy atom. The third-order valence-electron chi connectivity index (χ3n) is 5.94. The number of hydrogen-bond acceptors (Lipinski definition) is 6. The number of anilines is 1. The van der Waals surface area contributed by atoms with Gasteiger partial charge in [-0.3, -0.25) is 4.79 Å². The van der Waals surface area contributed by atoms with Crippen molar-refractivity contribution in [2.75, 3.05) is 18.7 Å². The highest BCUT2D eigenvalue weighted by Gasteiger charge is 2.21. The fraction of sp³-hybridized carbons (Fsp3) is 0.320. The molecule has 3 aromatic rings. The zero-order chi connectivity index (χ0) is 22.6. The number of aromatic nitrogens is 3. The molecule has 0 saturated heterocycles. The number of ether oxygens (including phenoxy) is 2. The van der Waals surface area contributed by atoms with Gasteiger partial charge in [-0.1, -0.05) is 18.2 Å². The van der Waals surface area contributed by atoms with Crippen LogP contribution in [0.15, 0.2) is 48.9 Å². The van der Waals surface area contributed by atoms with Crippen LogP contribution in [0.4, 0.5) is 5.82 Å². The third-order valence-corrected chi connectivity index (χ3v) is 5.94. The van der Waals surface area contributed by atoms with Gasteiger partial charge in [-0.15, -0.1) is 0 Å². The molecule has 1 aromatic carbocycles. The van der Waals surface area contributed by atoms with E-state index in [1.807, 2.05) is 35.0 Å². The highest BCUT2D eigenvalue weighted by atomic mass is 16.7. The molecular formula is C25H26N4O4. The van der Waals surface area contributed by atoms with Crippen LogP contribution in [0.1, 0.15) is 41.3 Å². The molecule has 0 radical (unpaired) electrons. The Bertz CT molecular complexity index is 1190. The van der Waals surface area contributed by atoms with Crippen LogP contribution in [-0.4, -0.2) is 38.9 Å². The van der Waals surface area contributed by atoms with Crippen LogP contribution < -0.4 is 14.8 Å². The normalized spacial score (nSPS) is 15.3. The summed E-state index contributed by atoms with van der Waals surface area (Å²) in [7, 11) is 0. The fourth-order valence-corrected chi connectivity index (χ4v) is 4.27. The number of aliphatic carboxylic acids is 1. The highest BCUT2D eigenvalue weighted by Crippen LogP contribution is 2.36. The number of carboxylic acid groups (broad SMARTS) is 1. The lowest BCUT2D eigenvalue weighted by molar-refractivity contribution is -0.137. The minimum Gasteiger partial charge on any atom is -0.481 e. The average molecular weight is 447 g/mol. The van der Waals surface area contributed by atoms with E-state index in [4.69, 9.17) is 14.5 Å². The molecule has 0 spiro atoms.